The molecule has 1 amide bonds. The third-order valence-corrected chi connectivity index (χ3v) is 5.37. The van der Waals surface area contributed by atoms with Crippen molar-refractivity contribution in [2.75, 3.05) is 13.1 Å². The minimum atomic E-state index is -0.939. The number of aryl methyl sites for hydroxylation is 1. The van der Waals surface area contributed by atoms with Crippen LogP contribution in [0.25, 0.3) is 0 Å². The van der Waals surface area contributed by atoms with Crippen molar-refractivity contribution in [2.45, 2.75) is 44.9 Å². The number of likely N-dealkylation sites (tertiary alicyclic amines) is 1. The molecular formula is C17H21N5O4. The highest BCUT2D eigenvalue weighted by atomic mass is 16.4. The SMILES string of the molecule is Cc1cc(C(=O)N2CC(O)C2)c(C)n1Cc1cn(C2(C(=O)O)CC2)nn1. The molecule has 2 fully saturated rings. The molecule has 1 saturated heterocycles. The molecule has 0 aromatic carbocycles. The van der Waals surface area contributed by atoms with E-state index >= 15 is 0 Å². The average Bonchev–Trinajstić information content (AvgIpc) is 3.18. The van der Waals surface area contributed by atoms with Crippen LogP contribution in [0.4, 0.5) is 0 Å². The smallest absolute Gasteiger partial charge is 0.331 e. The van der Waals surface area contributed by atoms with Crippen LogP contribution < -0.4 is 0 Å². The second-order valence-electron chi connectivity index (χ2n) is 7.23. The second-order valence-corrected chi connectivity index (χ2v) is 7.23. The van der Waals surface area contributed by atoms with E-state index in [1.165, 1.54) is 4.68 Å². The maximum Gasteiger partial charge on any atom is 0.331 e. The maximum atomic E-state index is 12.5. The van der Waals surface area contributed by atoms with Gasteiger partial charge in [0.2, 0.25) is 0 Å². The number of amides is 1. The fourth-order valence-electron chi connectivity index (χ4n) is 3.45. The lowest BCUT2D eigenvalue weighted by atomic mass is 10.1. The summed E-state index contributed by atoms with van der Waals surface area (Å²) in [5, 5.41) is 26.9. The fourth-order valence-corrected chi connectivity index (χ4v) is 3.45. The number of carboxylic acid groups (broad SMARTS) is 1. The Balaban J connectivity index is 1.55. The third kappa shape index (κ3) is 2.50. The summed E-state index contributed by atoms with van der Waals surface area (Å²) in [5.74, 6) is -0.965. The van der Waals surface area contributed by atoms with Crippen molar-refractivity contribution in [2.24, 2.45) is 0 Å². The molecule has 138 valence electrons. The van der Waals surface area contributed by atoms with E-state index in [2.05, 4.69) is 10.3 Å². The maximum absolute atomic E-state index is 12.5. The number of carbonyl (C=O) groups is 2. The van der Waals surface area contributed by atoms with Gasteiger partial charge < -0.3 is 19.7 Å². The number of carboxylic acids is 1. The molecule has 1 aliphatic carbocycles. The molecule has 26 heavy (non-hydrogen) atoms. The second kappa shape index (κ2) is 5.66. The lowest BCUT2D eigenvalue weighted by Crippen LogP contribution is -2.53. The van der Waals surface area contributed by atoms with Crippen LogP contribution in [0.1, 0.15) is 40.3 Å². The largest absolute Gasteiger partial charge is 0.479 e. The fraction of sp³-hybridized carbons (Fsp3) is 0.529. The van der Waals surface area contributed by atoms with E-state index in [0.717, 1.165) is 11.4 Å². The normalized spacial score (nSPS) is 18.7. The van der Waals surface area contributed by atoms with Crippen molar-refractivity contribution in [1.29, 1.82) is 0 Å². The Kier molecular flexibility index (Phi) is 3.65. The number of hydrogen-bond acceptors (Lipinski definition) is 5. The average molecular weight is 359 g/mol. The van der Waals surface area contributed by atoms with Crippen LogP contribution in [-0.2, 0) is 16.9 Å². The zero-order valence-electron chi connectivity index (χ0n) is 14.7. The van der Waals surface area contributed by atoms with Gasteiger partial charge in [0.15, 0.2) is 5.54 Å². The number of rotatable bonds is 5. The van der Waals surface area contributed by atoms with Gasteiger partial charge in [0.1, 0.15) is 5.69 Å². The van der Waals surface area contributed by atoms with Crippen LogP contribution in [0.3, 0.4) is 0 Å². The minimum absolute atomic E-state index is 0.0823. The van der Waals surface area contributed by atoms with E-state index in [9.17, 15) is 19.8 Å². The summed E-state index contributed by atoms with van der Waals surface area (Å²) in [5.41, 5.74) is 2.07. The van der Waals surface area contributed by atoms with Crippen molar-refractivity contribution >= 4 is 11.9 Å². The number of aromatic nitrogens is 4. The monoisotopic (exact) mass is 359 g/mol. The van der Waals surface area contributed by atoms with Crippen LogP contribution in [0, 0.1) is 13.8 Å². The zero-order chi connectivity index (χ0) is 18.6. The molecule has 0 unspecified atom stereocenters. The molecule has 2 aromatic rings. The van der Waals surface area contributed by atoms with Gasteiger partial charge >= 0.3 is 5.97 Å². The molecule has 9 nitrogen and oxygen atoms in total. The van der Waals surface area contributed by atoms with Crippen LogP contribution in [-0.4, -0.2) is 65.7 Å². The number of carbonyl (C=O) groups excluding carboxylic acids is 1. The number of aliphatic hydroxyl groups excluding tert-OH is 1. The van der Waals surface area contributed by atoms with Gasteiger partial charge in [-0.1, -0.05) is 5.21 Å². The van der Waals surface area contributed by atoms with Gasteiger partial charge in [-0.2, -0.15) is 0 Å². The Morgan fingerprint density at radius 1 is 1.31 bits per heavy atom. The van der Waals surface area contributed by atoms with Crippen molar-refractivity contribution in [3.05, 3.63) is 34.9 Å². The first-order valence-corrected chi connectivity index (χ1v) is 8.61. The Morgan fingerprint density at radius 2 is 2.00 bits per heavy atom. The highest BCUT2D eigenvalue weighted by Gasteiger charge is 2.53. The molecule has 9 heteroatoms. The van der Waals surface area contributed by atoms with E-state index in [0.29, 0.717) is 43.7 Å². The van der Waals surface area contributed by atoms with Crippen LogP contribution in [0.15, 0.2) is 12.3 Å². The number of nitrogens with zero attached hydrogens (tertiary/aromatic N) is 5. The number of aliphatic carboxylic acids is 1. The number of β-amino-alcohol motifs (C(OH)–C–C–N with tert-alkyl or cyclic N) is 1. The summed E-state index contributed by atoms with van der Waals surface area (Å²) in [6.45, 7) is 4.95. The van der Waals surface area contributed by atoms with E-state index in [1.54, 1.807) is 11.1 Å². The van der Waals surface area contributed by atoms with E-state index in [4.69, 9.17) is 0 Å². The Bertz CT molecular complexity index is 889. The van der Waals surface area contributed by atoms with Crippen LogP contribution in [0.2, 0.25) is 0 Å². The first kappa shape index (κ1) is 16.8. The summed E-state index contributed by atoms with van der Waals surface area (Å²) in [4.78, 5) is 25.6. The Labute approximate surface area is 149 Å². The molecule has 2 N–H and O–H groups in total. The lowest BCUT2D eigenvalue weighted by molar-refractivity contribution is -0.142. The Hall–Kier alpha value is -2.68. The molecule has 3 heterocycles. The molecule has 0 bridgehead atoms. The minimum Gasteiger partial charge on any atom is -0.479 e. The summed E-state index contributed by atoms with van der Waals surface area (Å²) in [6, 6.07) is 1.84. The molecule has 2 aliphatic rings. The molecular weight excluding hydrogens is 338 g/mol. The number of aliphatic hydroxyl groups is 1. The van der Waals surface area contributed by atoms with Gasteiger partial charge in [-0.05, 0) is 32.8 Å². The van der Waals surface area contributed by atoms with Gasteiger partial charge in [-0.25, -0.2) is 9.48 Å². The molecule has 1 saturated carbocycles. The molecule has 2 aromatic heterocycles. The van der Waals surface area contributed by atoms with Gasteiger partial charge in [0.25, 0.3) is 5.91 Å². The van der Waals surface area contributed by atoms with Crippen LogP contribution >= 0.6 is 0 Å². The standard InChI is InChI=1S/C17H21N5O4/c1-10-5-14(15(24)20-8-13(23)9-20)11(2)21(10)6-12-7-22(19-18-12)17(3-4-17)16(25)26/h5,7,13,23H,3-4,6,8-9H2,1-2H3,(H,25,26). The third-order valence-electron chi connectivity index (χ3n) is 5.37. The first-order chi connectivity index (χ1) is 12.3. The van der Waals surface area contributed by atoms with Crippen molar-refractivity contribution in [3.8, 4) is 0 Å². The summed E-state index contributed by atoms with van der Waals surface area (Å²) in [7, 11) is 0. The van der Waals surface area contributed by atoms with E-state index in [1.807, 2.05) is 24.5 Å². The topological polar surface area (TPSA) is 113 Å². The zero-order valence-corrected chi connectivity index (χ0v) is 14.7. The van der Waals surface area contributed by atoms with E-state index < -0.39 is 17.6 Å². The van der Waals surface area contributed by atoms with Crippen molar-refractivity contribution in [3.63, 3.8) is 0 Å². The van der Waals surface area contributed by atoms with Crippen LogP contribution in [0.5, 0.6) is 0 Å². The number of hydrogen-bond donors (Lipinski definition) is 2. The lowest BCUT2D eigenvalue weighted by Gasteiger charge is -2.35. The summed E-state index contributed by atoms with van der Waals surface area (Å²) in [6.07, 6.45) is 2.37. The van der Waals surface area contributed by atoms with Crippen molar-refractivity contribution in [1.82, 2.24) is 24.5 Å². The van der Waals surface area contributed by atoms with Gasteiger partial charge in [0.05, 0.1) is 24.4 Å². The predicted molar refractivity (Wildman–Crippen MR) is 89.8 cm³/mol. The molecule has 1 aliphatic heterocycles. The van der Waals surface area contributed by atoms with Crippen molar-refractivity contribution < 1.29 is 19.8 Å². The molecule has 0 radical (unpaired) electrons. The Morgan fingerprint density at radius 3 is 2.58 bits per heavy atom. The summed E-state index contributed by atoms with van der Waals surface area (Å²) >= 11 is 0. The van der Waals surface area contributed by atoms with E-state index in [-0.39, 0.29) is 5.91 Å². The molecule has 0 spiro atoms. The quantitative estimate of drug-likeness (QED) is 0.785. The molecule has 0 atom stereocenters. The highest BCUT2D eigenvalue weighted by Crippen LogP contribution is 2.43. The molecule has 4 rings (SSSR count). The highest BCUT2D eigenvalue weighted by molar-refractivity contribution is 5.96. The van der Waals surface area contributed by atoms with Gasteiger partial charge in [-0.15, -0.1) is 5.10 Å². The van der Waals surface area contributed by atoms with Gasteiger partial charge in [-0.3, -0.25) is 4.79 Å². The summed E-state index contributed by atoms with van der Waals surface area (Å²) < 4.78 is 3.41. The van der Waals surface area contributed by atoms with Gasteiger partial charge in [0, 0.05) is 24.5 Å². The predicted octanol–water partition coefficient (Wildman–Crippen LogP) is 0.135. The first-order valence-electron chi connectivity index (χ1n) is 8.61.